The number of carbonyl (C=O) groups is 1. The van der Waals surface area contributed by atoms with Gasteiger partial charge in [-0.05, 0) is 60.0 Å². The monoisotopic (exact) mass is 392 g/mol. The number of allylic oxidation sites excluding steroid dienone is 4. The summed E-state index contributed by atoms with van der Waals surface area (Å²) in [6.45, 7) is 11.5. The lowest BCUT2D eigenvalue weighted by Crippen LogP contribution is -2.28. The van der Waals surface area contributed by atoms with E-state index in [-0.39, 0.29) is 5.92 Å². The molecule has 0 aliphatic heterocycles. The van der Waals surface area contributed by atoms with Gasteiger partial charge in [-0.3, -0.25) is 4.79 Å². The first-order valence-corrected chi connectivity index (χ1v) is 11.9. The molecule has 0 bridgehead atoms. The van der Waals surface area contributed by atoms with E-state index in [1.807, 2.05) is 0 Å². The van der Waals surface area contributed by atoms with Crippen LogP contribution in [0, 0.1) is 35.5 Å². The van der Waals surface area contributed by atoms with Crippen LogP contribution >= 0.6 is 0 Å². The van der Waals surface area contributed by atoms with Crippen LogP contribution in [0.5, 0.6) is 0 Å². The van der Waals surface area contributed by atoms with E-state index in [4.69, 9.17) is 0 Å². The van der Waals surface area contributed by atoms with Gasteiger partial charge in [0, 0.05) is 12.3 Å². The van der Waals surface area contributed by atoms with E-state index in [2.05, 4.69) is 77.1 Å². The van der Waals surface area contributed by atoms with Gasteiger partial charge in [0.15, 0.2) is 0 Å². The molecular formula is C28H40O. The molecule has 1 aromatic carbocycles. The Morgan fingerprint density at radius 3 is 2.45 bits per heavy atom. The van der Waals surface area contributed by atoms with Crippen LogP contribution in [0.3, 0.4) is 0 Å². The van der Waals surface area contributed by atoms with E-state index in [9.17, 15) is 4.79 Å². The molecule has 0 radical (unpaired) electrons. The van der Waals surface area contributed by atoms with Crippen molar-refractivity contribution in [3.05, 3.63) is 53.6 Å². The van der Waals surface area contributed by atoms with E-state index in [0.29, 0.717) is 41.8 Å². The summed E-state index contributed by atoms with van der Waals surface area (Å²) >= 11 is 0. The van der Waals surface area contributed by atoms with Crippen molar-refractivity contribution in [2.24, 2.45) is 35.5 Å². The van der Waals surface area contributed by atoms with Gasteiger partial charge in [-0.15, -0.1) is 0 Å². The number of benzene rings is 1. The van der Waals surface area contributed by atoms with Crippen molar-refractivity contribution in [3.8, 4) is 0 Å². The minimum absolute atomic E-state index is 0.244. The fourth-order valence-corrected chi connectivity index (χ4v) is 5.53. The number of hydrogen-bond donors (Lipinski definition) is 0. The highest BCUT2D eigenvalue weighted by molar-refractivity contribution is 5.87. The summed E-state index contributed by atoms with van der Waals surface area (Å²) in [4.78, 5) is 13.6. The largest absolute Gasteiger partial charge is 0.299 e. The lowest BCUT2D eigenvalue weighted by molar-refractivity contribution is -0.125. The van der Waals surface area contributed by atoms with Gasteiger partial charge in [0.05, 0.1) is 0 Å². The van der Waals surface area contributed by atoms with E-state index in [1.165, 1.54) is 36.0 Å². The zero-order chi connectivity index (χ0) is 21.0. The highest BCUT2D eigenvalue weighted by Crippen LogP contribution is 2.41. The van der Waals surface area contributed by atoms with E-state index < -0.39 is 0 Å². The van der Waals surface area contributed by atoms with Gasteiger partial charge in [-0.1, -0.05) is 95.5 Å². The summed E-state index contributed by atoms with van der Waals surface area (Å²) in [7, 11) is 0. The molecule has 4 atom stereocenters. The second-order valence-electron chi connectivity index (χ2n) is 10.4. The summed E-state index contributed by atoms with van der Waals surface area (Å²) in [6, 6.07) is 10.6. The molecule has 3 rings (SSSR count). The van der Waals surface area contributed by atoms with E-state index in [1.54, 1.807) is 0 Å². The zero-order valence-corrected chi connectivity index (χ0v) is 19.2. The maximum atomic E-state index is 13.6. The highest BCUT2D eigenvalue weighted by Gasteiger charge is 2.34. The van der Waals surface area contributed by atoms with Gasteiger partial charge in [0.1, 0.15) is 5.78 Å². The molecule has 0 aromatic heterocycles. The molecule has 2 aliphatic rings. The molecule has 0 amide bonds. The molecule has 0 N–H and O–H groups in total. The van der Waals surface area contributed by atoms with Crippen LogP contribution in [0.15, 0.2) is 48.1 Å². The van der Waals surface area contributed by atoms with Crippen molar-refractivity contribution >= 4 is 11.4 Å². The van der Waals surface area contributed by atoms with Gasteiger partial charge < -0.3 is 0 Å². The van der Waals surface area contributed by atoms with Crippen LogP contribution in [0.2, 0.25) is 0 Å². The summed E-state index contributed by atoms with van der Waals surface area (Å²) in [5, 5.41) is 0. The second-order valence-corrected chi connectivity index (χ2v) is 10.4. The maximum absolute atomic E-state index is 13.6. The summed E-state index contributed by atoms with van der Waals surface area (Å²) in [5.74, 6) is 3.61. The molecule has 1 heteroatoms. The fraction of sp³-hybridized carbons (Fsp3) is 0.607. The normalized spacial score (nSPS) is 27.7. The van der Waals surface area contributed by atoms with Crippen molar-refractivity contribution in [1.82, 2.24) is 0 Å². The van der Waals surface area contributed by atoms with Crippen LogP contribution in [-0.4, -0.2) is 5.78 Å². The first-order valence-electron chi connectivity index (χ1n) is 11.9. The zero-order valence-electron chi connectivity index (χ0n) is 19.2. The molecule has 1 saturated carbocycles. The van der Waals surface area contributed by atoms with Crippen molar-refractivity contribution in [1.29, 1.82) is 0 Å². The number of rotatable bonds is 7. The Balaban J connectivity index is 1.80. The predicted octanol–water partition coefficient (Wildman–Crippen LogP) is 7.73. The molecule has 2 unspecified atom stereocenters. The first kappa shape index (κ1) is 22.1. The smallest absolute Gasteiger partial charge is 0.140 e. The Bertz CT molecular complexity index is 737. The minimum atomic E-state index is 0.244. The Morgan fingerprint density at radius 1 is 1.07 bits per heavy atom. The molecule has 0 saturated heterocycles. The Morgan fingerprint density at radius 2 is 1.79 bits per heavy atom. The Labute approximate surface area is 178 Å². The molecule has 1 fully saturated rings. The Hall–Kier alpha value is -1.63. The van der Waals surface area contributed by atoms with E-state index >= 15 is 0 Å². The molecule has 1 aromatic rings. The summed E-state index contributed by atoms with van der Waals surface area (Å²) in [6.07, 6.45) is 11.4. The predicted molar refractivity (Wildman–Crippen MR) is 125 cm³/mol. The van der Waals surface area contributed by atoms with Crippen molar-refractivity contribution in [2.45, 2.75) is 73.1 Å². The van der Waals surface area contributed by atoms with Crippen molar-refractivity contribution in [2.75, 3.05) is 0 Å². The molecule has 0 spiro atoms. The molecule has 158 valence electrons. The summed E-state index contributed by atoms with van der Waals surface area (Å²) in [5.41, 5.74) is 3.92. The topological polar surface area (TPSA) is 17.1 Å². The quantitative estimate of drug-likeness (QED) is 0.434. The first-order chi connectivity index (χ1) is 13.8. The van der Waals surface area contributed by atoms with Crippen LogP contribution in [0.25, 0.3) is 5.57 Å². The number of Topliss-reactive ketones (excluding diaryl/α,β-unsaturated/α-hetero) is 1. The standard InChI is InChI=1S/C28H40O/c1-19(2)14-23-16-24(22-11-7-6-8-12-22)17-25(23)18-28(29)27-15-21(5)10-9-13-26(27)20(3)4/h6-8,11-12,16-17,19-21,23,26-27H,9-10,13-15,18H2,1-5H3/t21-,23?,26?,27-/m1/s1. The SMILES string of the molecule is CC(C)CC1C=C(c2ccccc2)C=C1CC(=O)[C@@H]1C[C@H](C)CCCC1C(C)C. The average Bonchev–Trinajstić information content (AvgIpc) is 2.93. The van der Waals surface area contributed by atoms with Gasteiger partial charge >= 0.3 is 0 Å². The number of hydrogen-bond acceptors (Lipinski definition) is 1. The third-order valence-electron chi connectivity index (χ3n) is 7.09. The number of ketones is 1. The van der Waals surface area contributed by atoms with Gasteiger partial charge in [0.25, 0.3) is 0 Å². The molecular weight excluding hydrogens is 352 g/mol. The van der Waals surface area contributed by atoms with Crippen LogP contribution < -0.4 is 0 Å². The maximum Gasteiger partial charge on any atom is 0.140 e. The van der Waals surface area contributed by atoms with Crippen molar-refractivity contribution in [3.63, 3.8) is 0 Å². The van der Waals surface area contributed by atoms with Crippen molar-refractivity contribution < 1.29 is 4.79 Å². The fourth-order valence-electron chi connectivity index (χ4n) is 5.53. The third-order valence-corrected chi connectivity index (χ3v) is 7.09. The Kier molecular flexibility index (Phi) is 7.55. The number of carbonyl (C=O) groups excluding carboxylic acids is 1. The molecule has 1 nitrogen and oxygen atoms in total. The van der Waals surface area contributed by atoms with Crippen LogP contribution in [0.4, 0.5) is 0 Å². The third kappa shape index (κ3) is 5.71. The minimum Gasteiger partial charge on any atom is -0.299 e. The van der Waals surface area contributed by atoms with E-state index in [0.717, 1.165) is 12.8 Å². The molecule has 2 aliphatic carbocycles. The highest BCUT2D eigenvalue weighted by atomic mass is 16.1. The van der Waals surface area contributed by atoms with Crippen LogP contribution in [0.1, 0.15) is 78.7 Å². The molecule has 0 heterocycles. The molecule has 29 heavy (non-hydrogen) atoms. The lowest BCUT2D eigenvalue weighted by Gasteiger charge is -2.29. The van der Waals surface area contributed by atoms with Gasteiger partial charge in [-0.25, -0.2) is 0 Å². The second kappa shape index (κ2) is 9.92. The summed E-state index contributed by atoms with van der Waals surface area (Å²) < 4.78 is 0. The van der Waals surface area contributed by atoms with Gasteiger partial charge in [-0.2, -0.15) is 0 Å². The van der Waals surface area contributed by atoms with Crippen LogP contribution in [-0.2, 0) is 4.79 Å². The lowest BCUT2D eigenvalue weighted by atomic mass is 9.75. The van der Waals surface area contributed by atoms with Gasteiger partial charge in [0.2, 0.25) is 0 Å². The average molecular weight is 393 g/mol.